The highest BCUT2D eigenvalue weighted by molar-refractivity contribution is 7.91. The van der Waals surface area contributed by atoms with E-state index >= 15 is 0 Å². The lowest BCUT2D eigenvalue weighted by Crippen LogP contribution is -2.57. The number of rotatable bonds is 12. The number of carbonyl (C=O) groups excluding carboxylic acids is 5. The highest BCUT2D eigenvalue weighted by Crippen LogP contribution is 2.46. The topological polar surface area (TPSA) is 175 Å². The van der Waals surface area contributed by atoms with Gasteiger partial charge in [-0.1, -0.05) is 75.4 Å². The number of halogens is 2. The number of para-hydroxylation sites is 1. The van der Waals surface area contributed by atoms with Crippen LogP contribution >= 0.6 is 0 Å². The molecule has 16 heteroatoms. The Hall–Kier alpha value is -5.25. The standard InChI is InChI=1S/C43H50F2N6O7S/c1-5-27-23-43(27,40(56)49-59(57,58)29-16-17-29)48-38(54)35-20-28(24-51(35)39(55)32(41(2,3)4)22-36(52)50-19-11-18-42(44,45)25-50)46-37(53)31-21-34(26-12-7-6-8-13-26)47-33-15-10-9-14-30(31)33/h5-10,12-15,21,27-29,32,35H,1,11,16-20,22-25H2,2-4H3,(H,46,53)(H,48,54)(H,49,56)/t27?,28-,32-,35+,43?/m1/s1. The smallest absolute Gasteiger partial charge is 0.265 e. The number of carbonyl (C=O) groups is 5. The van der Waals surface area contributed by atoms with Gasteiger partial charge in [-0.15, -0.1) is 6.58 Å². The Kier molecular flexibility index (Phi) is 11.2. The van der Waals surface area contributed by atoms with E-state index in [1.165, 1.54) is 11.0 Å². The summed E-state index contributed by atoms with van der Waals surface area (Å²) in [5.41, 5.74) is -0.265. The summed E-state index contributed by atoms with van der Waals surface area (Å²) in [6, 6.07) is 16.1. The Morgan fingerprint density at radius 1 is 1.03 bits per heavy atom. The van der Waals surface area contributed by atoms with Gasteiger partial charge in [0.15, 0.2) is 0 Å². The number of hydrogen-bond donors (Lipinski definition) is 3. The molecular formula is C43H50F2N6O7S. The van der Waals surface area contributed by atoms with E-state index in [1.807, 2.05) is 36.4 Å². The largest absolute Gasteiger partial charge is 0.347 e. The summed E-state index contributed by atoms with van der Waals surface area (Å²) in [5, 5.41) is 5.65. The number of benzene rings is 2. The van der Waals surface area contributed by atoms with Crippen molar-refractivity contribution in [2.24, 2.45) is 17.3 Å². The molecular weight excluding hydrogens is 783 g/mol. The molecule has 3 aromatic rings. The molecule has 314 valence electrons. The van der Waals surface area contributed by atoms with Crippen molar-refractivity contribution in [3.8, 4) is 11.3 Å². The van der Waals surface area contributed by atoms with E-state index in [2.05, 4.69) is 21.9 Å². The molecule has 0 spiro atoms. The minimum atomic E-state index is -3.97. The molecule has 2 saturated heterocycles. The molecule has 3 N–H and O–H groups in total. The number of amides is 5. The van der Waals surface area contributed by atoms with Gasteiger partial charge in [-0.3, -0.25) is 28.7 Å². The maximum absolute atomic E-state index is 14.8. The van der Waals surface area contributed by atoms with Crippen LogP contribution in [0.1, 0.15) is 76.1 Å². The van der Waals surface area contributed by atoms with E-state index in [-0.39, 0.29) is 38.8 Å². The van der Waals surface area contributed by atoms with E-state index in [0.717, 1.165) is 10.5 Å². The zero-order valence-electron chi connectivity index (χ0n) is 33.4. The predicted octanol–water partition coefficient (Wildman–Crippen LogP) is 4.58. The predicted molar refractivity (Wildman–Crippen MR) is 216 cm³/mol. The Morgan fingerprint density at radius 2 is 1.73 bits per heavy atom. The first-order valence-corrected chi connectivity index (χ1v) is 21.6. The molecule has 1 aromatic heterocycles. The van der Waals surface area contributed by atoms with Crippen molar-refractivity contribution in [2.45, 2.75) is 94.5 Å². The van der Waals surface area contributed by atoms with E-state index in [1.54, 1.807) is 45.0 Å². The number of piperidine rings is 1. The van der Waals surface area contributed by atoms with Gasteiger partial charge in [0.1, 0.15) is 11.6 Å². The van der Waals surface area contributed by atoms with Gasteiger partial charge in [0.05, 0.1) is 34.5 Å². The van der Waals surface area contributed by atoms with Crippen LogP contribution in [-0.2, 0) is 29.2 Å². The van der Waals surface area contributed by atoms with Crippen molar-refractivity contribution in [2.75, 3.05) is 19.6 Å². The maximum atomic E-state index is 14.8. The van der Waals surface area contributed by atoms with Gasteiger partial charge in [-0.25, -0.2) is 22.2 Å². The summed E-state index contributed by atoms with van der Waals surface area (Å²) in [6.07, 6.45) is 1.67. The van der Waals surface area contributed by atoms with Crippen LogP contribution in [0.4, 0.5) is 8.78 Å². The first-order chi connectivity index (χ1) is 27.8. The highest BCUT2D eigenvalue weighted by Gasteiger charge is 2.62. The summed E-state index contributed by atoms with van der Waals surface area (Å²) in [4.78, 5) is 77.7. The Balaban J connectivity index is 1.18. The second-order valence-corrected chi connectivity index (χ2v) is 19.4. The van der Waals surface area contributed by atoms with Crippen molar-refractivity contribution in [1.82, 2.24) is 30.1 Å². The van der Waals surface area contributed by atoms with Gasteiger partial charge >= 0.3 is 0 Å². The highest BCUT2D eigenvalue weighted by atomic mass is 32.2. The van der Waals surface area contributed by atoms with Gasteiger partial charge < -0.3 is 20.4 Å². The number of aromatic nitrogens is 1. The quantitative estimate of drug-likeness (QED) is 0.223. The molecule has 0 radical (unpaired) electrons. The number of pyridine rings is 1. The molecule has 5 amide bonds. The van der Waals surface area contributed by atoms with E-state index in [9.17, 15) is 41.2 Å². The normalized spacial score (nSPS) is 24.5. The number of hydrogen-bond acceptors (Lipinski definition) is 8. The van der Waals surface area contributed by atoms with Crippen LogP contribution in [0.25, 0.3) is 22.2 Å². The second kappa shape index (κ2) is 15.7. The molecule has 2 aromatic carbocycles. The Bertz CT molecular complexity index is 2300. The molecule has 13 nitrogen and oxygen atoms in total. The second-order valence-electron chi connectivity index (χ2n) is 17.4. The molecule has 7 rings (SSSR count). The number of nitrogens with zero attached hydrogens (tertiary/aromatic N) is 3. The maximum Gasteiger partial charge on any atom is 0.265 e. The third-order valence-electron chi connectivity index (χ3n) is 12.0. The summed E-state index contributed by atoms with van der Waals surface area (Å²) in [7, 11) is -3.97. The van der Waals surface area contributed by atoms with Crippen LogP contribution in [0.2, 0.25) is 0 Å². The van der Waals surface area contributed by atoms with Gasteiger partial charge in [0, 0.05) is 48.8 Å². The molecule has 5 atom stereocenters. The molecule has 2 saturated carbocycles. The summed E-state index contributed by atoms with van der Waals surface area (Å²) in [6.45, 7) is 8.22. The van der Waals surface area contributed by atoms with Gasteiger partial charge in [0.25, 0.3) is 17.7 Å². The fraction of sp³-hybridized carbons (Fsp3) is 0.488. The minimum Gasteiger partial charge on any atom is -0.347 e. The lowest BCUT2D eigenvalue weighted by Gasteiger charge is -2.37. The van der Waals surface area contributed by atoms with Crippen LogP contribution in [0.15, 0.2) is 73.3 Å². The molecule has 2 aliphatic heterocycles. The first-order valence-electron chi connectivity index (χ1n) is 20.0. The SMILES string of the molecule is C=CC1CC1(NC(=O)[C@@H]1C[C@@H](NC(=O)c2cc(-c3ccccc3)nc3ccccc23)CN1C(=O)[C@@H](CC(=O)N1CCCC(F)(F)C1)C(C)(C)C)C(=O)NS(=O)(=O)C1CC1. The average Bonchev–Trinajstić information content (AvgIpc) is 4.12. The van der Waals surface area contributed by atoms with E-state index in [0.29, 0.717) is 35.0 Å². The lowest BCUT2D eigenvalue weighted by atomic mass is 9.77. The van der Waals surface area contributed by atoms with E-state index < -0.39 is 98.6 Å². The van der Waals surface area contributed by atoms with Crippen LogP contribution in [0, 0.1) is 17.3 Å². The lowest BCUT2D eigenvalue weighted by molar-refractivity contribution is -0.151. The molecule has 2 aliphatic carbocycles. The Morgan fingerprint density at radius 3 is 2.37 bits per heavy atom. The zero-order valence-corrected chi connectivity index (χ0v) is 34.2. The third-order valence-corrected chi connectivity index (χ3v) is 13.8. The monoisotopic (exact) mass is 832 g/mol. The summed E-state index contributed by atoms with van der Waals surface area (Å²) < 4.78 is 56.4. The number of alkyl halides is 2. The van der Waals surface area contributed by atoms with Crippen LogP contribution in [0.3, 0.4) is 0 Å². The van der Waals surface area contributed by atoms with E-state index in [4.69, 9.17) is 4.98 Å². The fourth-order valence-electron chi connectivity index (χ4n) is 8.28. The van der Waals surface area contributed by atoms with Crippen LogP contribution < -0.4 is 15.4 Å². The van der Waals surface area contributed by atoms with Crippen molar-refractivity contribution in [3.05, 3.63) is 78.9 Å². The van der Waals surface area contributed by atoms with Crippen molar-refractivity contribution >= 4 is 50.5 Å². The number of nitrogens with one attached hydrogen (secondary N) is 3. The van der Waals surface area contributed by atoms with Gasteiger partial charge in [-0.05, 0) is 49.7 Å². The number of likely N-dealkylation sites (tertiary alicyclic amines) is 2. The summed E-state index contributed by atoms with van der Waals surface area (Å²) in [5.74, 6) is -8.05. The number of fused-ring (bicyclic) bond motifs is 1. The van der Waals surface area contributed by atoms with Crippen molar-refractivity contribution in [1.29, 1.82) is 0 Å². The van der Waals surface area contributed by atoms with Gasteiger partial charge in [0.2, 0.25) is 27.7 Å². The third kappa shape index (κ3) is 8.87. The molecule has 3 heterocycles. The zero-order chi connectivity index (χ0) is 42.5. The first kappa shape index (κ1) is 41.9. The molecule has 4 fully saturated rings. The van der Waals surface area contributed by atoms with Crippen molar-refractivity contribution < 1.29 is 41.2 Å². The van der Waals surface area contributed by atoms with Crippen LogP contribution in [-0.4, -0.2) is 101 Å². The fourth-order valence-corrected chi connectivity index (χ4v) is 9.65. The van der Waals surface area contributed by atoms with Crippen molar-refractivity contribution in [3.63, 3.8) is 0 Å². The van der Waals surface area contributed by atoms with Crippen LogP contribution in [0.5, 0.6) is 0 Å². The van der Waals surface area contributed by atoms with Gasteiger partial charge in [-0.2, -0.15) is 0 Å². The number of sulfonamides is 1. The molecule has 2 unspecified atom stereocenters. The molecule has 4 aliphatic rings. The summed E-state index contributed by atoms with van der Waals surface area (Å²) >= 11 is 0. The molecule has 59 heavy (non-hydrogen) atoms. The Labute approximate surface area is 342 Å². The molecule has 0 bridgehead atoms. The minimum absolute atomic E-state index is 0.0769. The average molecular weight is 833 g/mol.